The van der Waals surface area contributed by atoms with Crippen LogP contribution in [0.5, 0.6) is 0 Å². The Bertz CT molecular complexity index is 221. The number of hydrogen-bond acceptors (Lipinski definition) is 1. The van der Waals surface area contributed by atoms with E-state index in [2.05, 4.69) is 33.8 Å². The number of hydrogen-bond donors (Lipinski definition) is 0. The van der Waals surface area contributed by atoms with Gasteiger partial charge >= 0.3 is 0 Å². The predicted molar refractivity (Wildman–Crippen MR) is 47.9 cm³/mol. The molecule has 0 nitrogen and oxygen atoms in total. The summed E-state index contributed by atoms with van der Waals surface area (Å²) >= 11 is 1.92. The molecular weight excluding hydrogens is 140 g/mol. The quantitative estimate of drug-likeness (QED) is 0.581. The van der Waals surface area contributed by atoms with Gasteiger partial charge in [0.25, 0.3) is 0 Å². The first-order chi connectivity index (χ1) is 4.61. The van der Waals surface area contributed by atoms with E-state index in [-0.39, 0.29) is 0 Å². The Morgan fingerprint density at radius 3 is 2.10 bits per heavy atom. The van der Waals surface area contributed by atoms with Crippen LogP contribution in [-0.2, 0) is 0 Å². The molecule has 0 saturated heterocycles. The van der Waals surface area contributed by atoms with E-state index in [1.807, 2.05) is 11.3 Å². The highest BCUT2D eigenvalue weighted by Gasteiger charge is 2.05. The molecular formula is C9H14S. The summed E-state index contributed by atoms with van der Waals surface area (Å²) in [5, 5.41) is 0. The molecule has 0 aromatic carbocycles. The van der Waals surface area contributed by atoms with E-state index >= 15 is 0 Å². The molecule has 1 rings (SSSR count). The fraction of sp³-hybridized carbons (Fsp3) is 0.556. The molecule has 0 aliphatic heterocycles. The van der Waals surface area contributed by atoms with Crippen molar-refractivity contribution in [2.75, 3.05) is 0 Å². The summed E-state index contributed by atoms with van der Waals surface area (Å²) in [4.78, 5) is 2.97. The van der Waals surface area contributed by atoms with Gasteiger partial charge in [0.05, 0.1) is 0 Å². The average Bonchev–Trinajstić information content (AvgIpc) is 2.10. The molecule has 1 aromatic heterocycles. The monoisotopic (exact) mass is 154 g/mol. The van der Waals surface area contributed by atoms with E-state index in [1.54, 1.807) is 0 Å². The van der Waals surface area contributed by atoms with Gasteiger partial charge in [-0.05, 0) is 31.4 Å². The lowest BCUT2D eigenvalue weighted by atomic mass is 10.1. The maximum atomic E-state index is 2.26. The van der Waals surface area contributed by atoms with E-state index in [1.165, 1.54) is 15.3 Å². The van der Waals surface area contributed by atoms with Crippen LogP contribution in [0.3, 0.4) is 0 Å². The smallest absolute Gasteiger partial charge is 0.0103 e. The van der Waals surface area contributed by atoms with Crippen molar-refractivity contribution in [3.63, 3.8) is 0 Å². The summed E-state index contributed by atoms with van der Waals surface area (Å²) in [6.07, 6.45) is 0. The maximum absolute atomic E-state index is 2.26. The number of thiophene rings is 1. The van der Waals surface area contributed by atoms with Crippen LogP contribution in [0.2, 0.25) is 0 Å². The average molecular weight is 154 g/mol. The third-order valence-electron chi connectivity index (χ3n) is 1.60. The SMILES string of the molecule is Cc1cc(C)c(C(C)C)s1. The molecule has 0 fully saturated rings. The summed E-state index contributed by atoms with van der Waals surface area (Å²) in [6.45, 7) is 8.86. The van der Waals surface area contributed by atoms with Crippen molar-refractivity contribution in [1.82, 2.24) is 0 Å². The second kappa shape index (κ2) is 2.75. The Morgan fingerprint density at radius 1 is 1.30 bits per heavy atom. The first kappa shape index (κ1) is 7.80. The Kier molecular flexibility index (Phi) is 2.14. The van der Waals surface area contributed by atoms with Gasteiger partial charge in [0.15, 0.2) is 0 Å². The second-order valence-corrected chi connectivity index (χ2v) is 4.35. The zero-order valence-corrected chi connectivity index (χ0v) is 7.88. The van der Waals surface area contributed by atoms with Crippen LogP contribution in [0.25, 0.3) is 0 Å². The molecule has 0 unspecified atom stereocenters. The van der Waals surface area contributed by atoms with E-state index < -0.39 is 0 Å². The topological polar surface area (TPSA) is 0 Å². The van der Waals surface area contributed by atoms with Gasteiger partial charge in [-0.2, -0.15) is 0 Å². The number of rotatable bonds is 1. The minimum absolute atomic E-state index is 0.693. The van der Waals surface area contributed by atoms with Crippen LogP contribution < -0.4 is 0 Å². The fourth-order valence-electron chi connectivity index (χ4n) is 1.23. The molecule has 0 amide bonds. The third-order valence-corrected chi connectivity index (χ3v) is 3.06. The van der Waals surface area contributed by atoms with Crippen molar-refractivity contribution >= 4 is 11.3 Å². The molecule has 1 heteroatoms. The molecule has 0 aliphatic carbocycles. The molecule has 0 aliphatic rings. The second-order valence-electron chi connectivity index (χ2n) is 3.06. The van der Waals surface area contributed by atoms with Crippen molar-refractivity contribution in [1.29, 1.82) is 0 Å². The van der Waals surface area contributed by atoms with E-state index in [9.17, 15) is 0 Å². The molecule has 1 heterocycles. The van der Waals surface area contributed by atoms with Gasteiger partial charge in [0.1, 0.15) is 0 Å². The van der Waals surface area contributed by atoms with Crippen molar-refractivity contribution in [2.24, 2.45) is 0 Å². The Morgan fingerprint density at radius 2 is 1.90 bits per heavy atom. The van der Waals surface area contributed by atoms with E-state index in [0.29, 0.717) is 5.92 Å². The van der Waals surface area contributed by atoms with E-state index in [4.69, 9.17) is 0 Å². The van der Waals surface area contributed by atoms with Crippen LogP contribution in [0, 0.1) is 13.8 Å². The molecule has 0 atom stereocenters. The molecule has 0 spiro atoms. The van der Waals surface area contributed by atoms with Gasteiger partial charge in [0, 0.05) is 9.75 Å². The number of aryl methyl sites for hydroxylation is 2. The van der Waals surface area contributed by atoms with Crippen LogP contribution in [0.1, 0.15) is 35.1 Å². The highest BCUT2D eigenvalue weighted by atomic mass is 32.1. The highest BCUT2D eigenvalue weighted by molar-refractivity contribution is 7.12. The minimum Gasteiger partial charge on any atom is -0.145 e. The zero-order chi connectivity index (χ0) is 7.72. The van der Waals surface area contributed by atoms with Gasteiger partial charge in [-0.15, -0.1) is 11.3 Å². The highest BCUT2D eigenvalue weighted by Crippen LogP contribution is 2.27. The van der Waals surface area contributed by atoms with Crippen LogP contribution in [0.15, 0.2) is 6.07 Å². The summed E-state index contributed by atoms with van der Waals surface area (Å²) in [7, 11) is 0. The third kappa shape index (κ3) is 1.40. The maximum Gasteiger partial charge on any atom is 0.0103 e. The largest absolute Gasteiger partial charge is 0.145 e. The van der Waals surface area contributed by atoms with Crippen LogP contribution in [-0.4, -0.2) is 0 Å². The van der Waals surface area contributed by atoms with Crippen molar-refractivity contribution in [3.8, 4) is 0 Å². The van der Waals surface area contributed by atoms with Gasteiger partial charge in [-0.25, -0.2) is 0 Å². The summed E-state index contributed by atoms with van der Waals surface area (Å²) in [5.41, 5.74) is 1.46. The van der Waals surface area contributed by atoms with Gasteiger partial charge in [-0.1, -0.05) is 13.8 Å². The summed E-state index contributed by atoms with van der Waals surface area (Å²) < 4.78 is 0. The predicted octanol–water partition coefficient (Wildman–Crippen LogP) is 3.49. The Labute approximate surface area is 66.9 Å². The first-order valence-electron chi connectivity index (χ1n) is 3.68. The molecule has 56 valence electrons. The lowest BCUT2D eigenvalue weighted by Gasteiger charge is -2.00. The van der Waals surface area contributed by atoms with Crippen LogP contribution in [0.4, 0.5) is 0 Å². The summed E-state index contributed by atoms with van der Waals surface area (Å²) in [6, 6.07) is 2.26. The lowest BCUT2D eigenvalue weighted by Crippen LogP contribution is -1.82. The first-order valence-corrected chi connectivity index (χ1v) is 4.50. The Balaban J connectivity index is 3.03. The summed E-state index contributed by atoms with van der Waals surface area (Å²) in [5.74, 6) is 0.693. The molecule has 0 radical (unpaired) electrons. The molecule has 0 saturated carbocycles. The molecule has 1 aromatic rings. The van der Waals surface area contributed by atoms with Crippen molar-refractivity contribution in [3.05, 3.63) is 21.4 Å². The zero-order valence-electron chi connectivity index (χ0n) is 7.06. The lowest BCUT2D eigenvalue weighted by molar-refractivity contribution is 0.881. The molecule has 0 bridgehead atoms. The van der Waals surface area contributed by atoms with Gasteiger partial charge in [-0.3, -0.25) is 0 Å². The molecule has 10 heavy (non-hydrogen) atoms. The Hall–Kier alpha value is -0.300. The van der Waals surface area contributed by atoms with Crippen molar-refractivity contribution in [2.45, 2.75) is 33.6 Å². The fourth-order valence-corrected chi connectivity index (χ4v) is 2.27. The minimum atomic E-state index is 0.693. The van der Waals surface area contributed by atoms with Crippen LogP contribution >= 0.6 is 11.3 Å². The van der Waals surface area contributed by atoms with Gasteiger partial charge < -0.3 is 0 Å². The van der Waals surface area contributed by atoms with E-state index in [0.717, 1.165) is 0 Å². The molecule has 0 N–H and O–H groups in total. The normalized spacial score (nSPS) is 10.9. The van der Waals surface area contributed by atoms with Crippen molar-refractivity contribution < 1.29 is 0 Å². The standard InChI is InChI=1S/C9H14S/c1-6(2)9-7(3)5-8(4)10-9/h5-6H,1-4H3. The van der Waals surface area contributed by atoms with Gasteiger partial charge in [0.2, 0.25) is 0 Å².